The Hall–Kier alpha value is -4.39. The smallest absolute Gasteiger partial charge is 0.414 e. The minimum absolute atomic E-state index is 0.558. The monoisotopic (exact) mass is 471 g/mol. The van der Waals surface area contributed by atoms with Crippen molar-refractivity contribution in [1.29, 1.82) is 0 Å². The number of carbonyl (C=O) groups is 2. The summed E-state index contributed by atoms with van der Waals surface area (Å²) in [5, 5.41) is 18.2. The zero-order valence-corrected chi connectivity index (χ0v) is 20.0. The summed E-state index contributed by atoms with van der Waals surface area (Å²) >= 11 is 0. The van der Waals surface area contributed by atoms with Gasteiger partial charge < -0.3 is 20.1 Å². The van der Waals surface area contributed by atoms with Gasteiger partial charge in [0.25, 0.3) is 0 Å². The van der Waals surface area contributed by atoms with Crippen LogP contribution in [0, 0.1) is 0 Å². The predicted molar refractivity (Wildman–Crippen MR) is 137 cm³/mol. The van der Waals surface area contributed by atoms with Crippen molar-refractivity contribution >= 4 is 17.9 Å². The van der Waals surface area contributed by atoms with E-state index in [0.29, 0.717) is 5.92 Å². The molecule has 0 amide bonds. The second-order valence-electron chi connectivity index (χ2n) is 8.33. The number of carboxylic acid groups (broad SMARTS) is 2. The van der Waals surface area contributed by atoms with E-state index in [-0.39, 0.29) is 0 Å². The summed E-state index contributed by atoms with van der Waals surface area (Å²) in [5.41, 5.74) is 7.34. The lowest BCUT2D eigenvalue weighted by Gasteiger charge is -2.10. The largest absolute Gasteiger partial charge is 0.473 e. The fraction of sp³-hybridized carbons (Fsp3) is 0.179. The second kappa shape index (κ2) is 11.7. The number of nitrogens with zero attached hydrogens (tertiary/aromatic N) is 2. The van der Waals surface area contributed by atoms with Crippen molar-refractivity contribution in [2.24, 2.45) is 7.05 Å². The number of aliphatic carboxylic acids is 2. The third-order valence-electron chi connectivity index (χ3n) is 5.56. The Kier molecular flexibility index (Phi) is 8.40. The molecule has 4 aromatic rings. The number of anilines is 1. The van der Waals surface area contributed by atoms with Crippen molar-refractivity contribution in [2.45, 2.75) is 26.3 Å². The van der Waals surface area contributed by atoms with Gasteiger partial charge in [0.05, 0.1) is 11.9 Å². The minimum atomic E-state index is -1.82. The summed E-state index contributed by atoms with van der Waals surface area (Å²) < 4.78 is 2.11. The quantitative estimate of drug-likeness (QED) is 0.314. The summed E-state index contributed by atoms with van der Waals surface area (Å²) in [6, 6.07) is 27.9. The van der Waals surface area contributed by atoms with Gasteiger partial charge in [-0.2, -0.15) is 0 Å². The van der Waals surface area contributed by atoms with E-state index in [1.54, 1.807) is 0 Å². The average Bonchev–Trinajstić information content (AvgIpc) is 3.24. The van der Waals surface area contributed by atoms with Crippen LogP contribution in [0.15, 0.2) is 85.1 Å². The molecule has 7 nitrogen and oxygen atoms in total. The van der Waals surface area contributed by atoms with E-state index < -0.39 is 11.9 Å². The Morgan fingerprint density at radius 3 is 1.91 bits per heavy atom. The molecule has 4 rings (SSSR count). The van der Waals surface area contributed by atoms with E-state index in [9.17, 15) is 0 Å². The molecular formula is C28H29N3O4. The van der Waals surface area contributed by atoms with Crippen LogP contribution < -0.4 is 5.32 Å². The summed E-state index contributed by atoms with van der Waals surface area (Å²) in [5.74, 6) is -2.22. The van der Waals surface area contributed by atoms with Crippen LogP contribution in [0.5, 0.6) is 0 Å². The summed E-state index contributed by atoms with van der Waals surface area (Å²) in [6.45, 7) is 5.19. The zero-order valence-electron chi connectivity index (χ0n) is 20.0. The fourth-order valence-corrected chi connectivity index (χ4v) is 3.51. The molecule has 0 unspecified atom stereocenters. The maximum absolute atomic E-state index is 9.10. The first kappa shape index (κ1) is 25.2. The number of imidazole rings is 1. The Labute approximate surface area is 204 Å². The predicted octanol–water partition coefficient (Wildman–Crippen LogP) is 5.65. The Balaban J connectivity index is 0.000000509. The molecule has 0 aliphatic carbocycles. The highest BCUT2D eigenvalue weighted by molar-refractivity contribution is 6.27. The van der Waals surface area contributed by atoms with Crippen LogP contribution >= 0.6 is 0 Å². The Morgan fingerprint density at radius 2 is 1.37 bits per heavy atom. The topological polar surface area (TPSA) is 104 Å². The van der Waals surface area contributed by atoms with Gasteiger partial charge in [-0.3, -0.25) is 0 Å². The van der Waals surface area contributed by atoms with E-state index in [2.05, 4.69) is 109 Å². The van der Waals surface area contributed by atoms with Gasteiger partial charge >= 0.3 is 11.9 Å². The van der Waals surface area contributed by atoms with E-state index in [1.807, 2.05) is 12.3 Å². The Morgan fingerprint density at radius 1 is 0.829 bits per heavy atom. The van der Waals surface area contributed by atoms with Crippen LogP contribution in [0.25, 0.3) is 22.4 Å². The molecule has 0 saturated heterocycles. The van der Waals surface area contributed by atoms with Crippen molar-refractivity contribution in [3.63, 3.8) is 0 Å². The third-order valence-corrected chi connectivity index (χ3v) is 5.56. The fourth-order valence-electron chi connectivity index (χ4n) is 3.51. The lowest BCUT2D eigenvalue weighted by Crippen LogP contribution is -2.09. The molecule has 3 aromatic carbocycles. The lowest BCUT2D eigenvalue weighted by atomic mass is 10.0. The molecule has 0 aliphatic rings. The van der Waals surface area contributed by atoms with Gasteiger partial charge in [0.1, 0.15) is 0 Å². The molecule has 0 fully saturated rings. The standard InChI is InChI=1S/C26H27N3.C2H2O4/c1-19(2)21-11-9-20(10-12-21)17-27-26-28-18-25(29(26)3)24-15-13-23(14-16-24)22-7-5-4-6-8-22;3-1(4)2(5)6/h4-16,18-19H,17H2,1-3H3,(H,27,28);(H,3,4)(H,5,6). The molecule has 3 N–H and O–H groups in total. The van der Waals surface area contributed by atoms with Crippen LogP contribution in [0.3, 0.4) is 0 Å². The van der Waals surface area contributed by atoms with Crippen molar-refractivity contribution in [1.82, 2.24) is 9.55 Å². The van der Waals surface area contributed by atoms with E-state index in [1.165, 1.54) is 22.3 Å². The molecule has 0 aliphatic heterocycles. The number of aromatic nitrogens is 2. The van der Waals surface area contributed by atoms with Gasteiger partial charge in [-0.1, -0.05) is 92.7 Å². The molecular weight excluding hydrogens is 442 g/mol. The van der Waals surface area contributed by atoms with Gasteiger partial charge in [0.15, 0.2) is 0 Å². The van der Waals surface area contributed by atoms with Gasteiger partial charge in [0.2, 0.25) is 5.95 Å². The highest BCUT2D eigenvalue weighted by Gasteiger charge is 2.09. The van der Waals surface area contributed by atoms with Crippen molar-refractivity contribution in [2.75, 3.05) is 5.32 Å². The van der Waals surface area contributed by atoms with E-state index >= 15 is 0 Å². The third kappa shape index (κ3) is 6.80. The van der Waals surface area contributed by atoms with Crippen molar-refractivity contribution in [3.8, 4) is 22.4 Å². The minimum Gasteiger partial charge on any atom is -0.473 e. The molecule has 1 aromatic heterocycles. The first-order valence-corrected chi connectivity index (χ1v) is 11.2. The molecule has 180 valence electrons. The maximum atomic E-state index is 9.10. The van der Waals surface area contributed by atoms with Crippen molar-refractivity contribution in [3.05, 3.63) is 96.2 Å². The maximum Gasteiger partial charge on any atom is 0.414 e. The van der Waals surface area contributed by atoms with Crippen LogP contribution in [0.4, 0.5) is 5.95 Å². The highest BCUT2D eigenvalue weighted by atomic mass is 16.4. The van der Waals surface area contributed by atoms with E-state index in [0.717, 1.165) is 23.8 Å². The summed E-state index contributed by atoms with van der Waals surface area (Å²) in [6.07, 6.45) is 1.93. The van der Waals surface area contributed by atoms with E-state index in [4.69, 9.17) is 19.8 Å². The number of rotatable bonds is 6. The number of nitrogens with one attached hydrogen (secondary N) is 1. The van der Waals surface area contributed by atoms with Gasteiger partial charge in [-0.25, -0.2) is 14.6 Å². The number of carboxylic acids is 2. The zero-order chi connectivity index (χ0) is 25.4. The second-order valence-corrected chi connectivity index (χ2v) is 8.33. The number of hydrogen-bond acceptors (Lipinski definition) is 4. The Bertz CT molecular complexity index is 1250. The van der Waals surface area contributed by atoms with Crippen LogP contribution in [0.1, 0.15) is 30.9 Å². The molecule has 0 saturated carbocycles. The molecule has 1 heterocycles. The van der Waals surface area contributed by atoms with Crippen molar-refractivity contribution < 1.29 is 19.8 Å². The summed E-state index contributed by atoms with van der Waals surface area (Å²) in [7, 11) is 2.05. The molecule has 0 spiro atoms. The molecule has 35 heavy (non-hydrogen) atoms. The van der Waals surface area contributed by atoms with Gasteiger partial charge in [0, 0.05) is 13.6 Å². The molecule has 0 bridgehead atoms. The molecule has 7 heteroatoms. The highest BCUT2D eigenvalue weighted by Crippen LogP contribution is 2.26. The SMILES string of the molecule is CC(C)c1ccc(CNc2ncc(-c3ccc(-c4ccccc4)cc3)n2C)cc1.O=C(O)C(=O)O. The number of benzene rings is 3. The van der Waals surface area contributed by atoms with Crippen LogP contribution in [-0.4, -0.2) is 31.7 Å². The van der Waals surface area contributed by atoms with Gasteiger partial charge in [-0.15, -0.1) is 0 Å². The number of hydrogen-bond donors (Lipinski definition) is 3. The normalized spacial score (nSPS) is 10.4. The van der Waals surface area contributed by atoms with Crippen LogP contribution in [-0.2, 0) is 23.2 Å². The van der Waals surface area contributed by atoms with Gasteiger partial charge in [-0.05, 0) is 33.7 Å². The molecule has 0 atom stereocenters. The average molecular weight is 472 g/mol. The first-order valence-electron chi connectivity index (χ1n) is 11.2. The lowest BCUT2D eigenvalue weighted by molar-refractivity contribution is -0.159. The molecule has 0 radical (unpaired) electrons. The first-order chi connectivity index (χ1) is 16.8. The van der Waals surface area contributed by atoms with Crippen LogP contribution in [0.2, 0.25) is 0 Å². The summed E-state index contributed by atoms with van der Waals surface area (Å²) in [4.78, 5) is 22.8.